The third-order valence-electron chi connectivity index (χ3n) is 2.63. The van der Waals surface area contributed by atoms with Gasteiger partial charge in [0.05, 0.1) is 0 Å². The maximum atomic E-state index is 11.4. The summed E-state index contributed by atoms with van der Waals surface area (Å²) in [6.45, 7) is 4.62. The first kappa shape index (κ1) is 12.5. The summed E-state index contributed by atoms with van der Waals surface area (Å²) in [5.74, 6) is 0.178. The number of nitrogens with zero attached hydrogens (tertiary/aromatic N) is 1. The van der Waals surface area contributed by atoms with Crippen molar-refractivity contribution in [3.63, 3.8) is 0 Å². The van der Waals surface area contributed by atoms with Crippen LogP contribution in [-0.4, -0.2) is 24.4 Å². The first-order valence-corrected chi connectivity index (χ1v) is 5.61. The van der Waals surface area contributed by atoms with Crippen molar-refractivity contribution in [3.05, 3.63) is 42.0 Å². The standard InChI is InChI=1S/C14H19NO/c1-4-14(16)15(3)11-10-12(2)13-8-6-5-7-9-13/h5-10H,4,11H2,1-3H3. The Hall–Kier alpha value is -1.57. The van der Waals surface area contributed by atoms with E-state index in [1.807, 2.05) is 32.2 Å². The fraction of sp³-hybridized carbons (Fsp3) is 0.357. The Balaban J connectivity index is 2.62. The molecule has 1 amide bonds. The molecule has 0 aliphatic carbocycles. The minimum atomic E-state index is 0.178. The molecule has 0 atom stereocenters. The van der Waals surface area contributed by atoms with Crippen LogP contribution in [0.25, 0.3) is 5.57 Å². The van der Waals surface area contributed by atoms with Crippen LogP contribution >= 0.6 is 0 Å². The van der Waals surface area contributed by atoms with Crippen molar-refractivity contribution in [1.82, 2.24) is 4.90 Å². The second-order valence-electron chi connectivity index (χ2n) is 3.88. The van der Waals surface area contributed by atoms with Crippen LogP contribution in [0, 0.1) is 0 Å². The molecule has 2 heteroatoms. The van der Waals surface area contributed by atoms with Crippen LogP contribution in [0.4, 0.5) is 0 Å². The van der Waals surface area contributed by atoms with Crippen LogP contribution in [-0.2, 0) is 4.79 Å². The highest BCUT2D eigenvalue weighted by atomic mass is 16.2. The molecule has 0 fully saturated rings. The lowest BCUT2D eigenvalue weighted by Crippen LogP contribution is -2.25. The van der Waals surface area contributed by atoms with E-state index in [1.165, 1.54) is 11.1 Å². The Morgan fingerprint density at radius 2 is 1.94 bits per heavy atom. The SMILES string of the molecule is CCC(=O)N(C)CC=C(C)c1ccccc1. The summed E-state index contributed by atoms with van der Waals surface area (Å²) in [4.78, 5) is 13.1. The maximum absolute atomic E-state index is 11.4. The van der Waals surface area contributed by atoms with E-state index in [0.717, 1.165) is 0 Å². The third-order valence-corrected chi connectivity index (χ3v) is 2.63. The second kappa shape index (κ2) is 6.11. The number of allylic oxidation sites excluding steroid dienone is 1. The molecule has 0 spiro atoms. The minimum absolute atomic E-state index is 0.178. The van der Waals surface area contributed by atoms with E-state index in [1.54, 1.807) is 4.90 Å². The highest BCUT2D eigenvalue weighted by Crippen LogP contribution is 2.12. The fourth-order valence-corrected chi connectivity index (χ4v) is 1.46. The van der Waals surface area contributed by atoms with Gasteiger partial charge in [0.1, 0.15) is 0 Å². The molecule has 1 aromatic rings. The number of rotatable bonds is 4. The van der Waals surface area contributed by atoms with Crippen LogP contribution < -0.4 is 0 Å². The molecule has 0 saturated heterocycles. The van der Waals surface area contributed by atoms with Gasteiger partial charge in [0.15, 0.2) is 0 Å². The Morgan fingerprint density at radius 1 is 1.31 bits per heavy atom. The molecular weight excluding hydrogens is 198 g/mol. The van der Waals surface area contributed by atoms with Gasteiger partial charge in [0.2, 0.25) is 5.91 Å². The van der Waals surface area contributed by atoms with Gasteiger partial charge in [0.25, 0.3) is 0 Å². The van der Waals surface area contributed by atoms with Crippen molar-refractivity contribution in [3.8, 4) is 0 Å². The van der Waals surface area contributed by atoms with Crippen molar-refractivity contribution < 1.29 is 4.79 Å². The lowest BCUT2D eigenvalue weighted by molar-refractivity contribution is -0.129. The molecule has 86 valence electrons. The Morgan fingerprint density at radius 3 is 2.50 bits per heavy atom. The number of hydrogen-bond donors (Lipinski definition) is 0. The van der Waals surface area contributed by atoms with Gasteiger partial charge in [0, 0.05) is 20.0 Å². The van der Waals surface area contributed by atoms with E-state index < -0.39 is 0 Å². The average molecular weight is 217 g/mol. The van der Waals surface area contributed by atoms with Crippen LogP contribution in [0.2, 0.25) is 0 Å². The summed E-state index contributed by atoms with van der Waals surface area (Å²) in [6, 6.07) is 10.2. The lowest BCUT2D eigenvalue weighted by Gasteiger charge is -2.14. The van der Waals surface area contributed by atoms with Crippen LogP contribution in [0.3, 0.4) is 0 Å². The first-order chi connectivity index (χ1) is 7.65. The molecule has 16 heavy (non-hydrogen) atoms. The van der Waals surface area contributed by atoms with E-state index in [9.17, 15) is 4.79 Å². The maximum Gasteiger partial charge on any atom is 0.222 e. The first-order valence-electron chi connectivity index (χ1n) is 5.61. The number of benzene rings is 1. The molecule has 0 radical (unpaired) electrons. The van der Waals surface area contributed by atoms with Gasteiger partial charge in [-0.2, -0.15) is 0 Å². The molecular formula is C14H19NO. The largest absolute Gasteiger partial charge is 0.342 e. The third kappa shape index (κ3) is 3.54. The zero-order valence-corrected chi connectivity index (χ0v) is 10.2. The van der Waals surface area contributed by atoms with Crippen molar-refractivity contribution in [2.45, 2.75) is 20.3 Å². The number of amides is 1. The fourth-order valence-electron chi connectivity index (χ4n) is 1.46. The van der Waals surface area contributed by atoms with E-state index >= 15 is 0 Å². The van der Waals surface area contributed by atoms with Crippen molar-refractivity contribution >= 4 is 11.5 Å². The molecule has 0 N–H and O–H groups in total. The zero-order valence-electron chi connectivity index (χ0n) is 10.2. The van der Waals surface area contributed by atoms with Gasteiger partial charge in [-0.05, 0) is 18.1 Å². The summed E-state index contributed by atoms with van der Waals surface area (Å²) in [5.41, 5.74) is 2.41. The molecule has 2 nitrogen and oxygen atoms in total. The minimum Gasteiger partial charge on any atom is -0.342 e. The molecule has 0 aromatic heterocycles. The Kier molecular flexibility index (Phi) is 4.77. The van der Waals surface area contributed by atoms with Crippen LogP contribution in [0.5, 0.6) is 0 Å². The van der Waals surface area contributed by atoms with E-state index in [2.05, 4.69) is 25.1 Å². The molecule has 1 aromatic carbocycles. The highest BCUT2D eigenvalue weighted by molar-refractivity contribution is 5.76. The van der Waals surface area contributed by atoms with Gasteiger partial charge in [-0.15, -0.1) is 0 Å². The van der Waals surface area contributed by atoms with Crippen molar-refractivity contribution in [2.75, 3.05) is 13.6 Å². The molecule has 0 saturated carbocycles. The average Bonchev–Trinajstić information content (AvgIpc) is 2.35. The molecule has 0 aliphatic heterocycles. The summed E-state index contributed by atoms with van der Waals surface area (Å²) in [5, 5.41) is 0. The Bertz CT molecular complexity index is 368. The predicted octanol–water partition coefficient (Wildman–Crippen LogP) is 2.96. The number of likely N-dealkylation sites (N-methyl/N-ethyl adjacent to an activating group) is 1. The summed E-state index contributed by atoms with van der Waals surface area (Å²) < 4.78 is 0. The van der Waals surface area contributed by atoms with E-state index in [0.29, 0.717) is 13.0 Å². The second-order valence-corrected chi connectivity index (χ2v) is 3.88. The summed E-state index contributed by atoms with van der Waals surface area (Å²) in [6.07, 6.45) is 2.65. The predicted molar refractivity (Wildman–Crippen MR) is 68.0 cm³/mol. The molecule has 1 rings (SSSR count). The lowest BCUT2D eigenvalue weighted by atomic mass is 10.1. The van der Waals surface area contributed by atoms with Gasteiger partial charge in [-0.3, -0.25) is 4.79 Å². The summed E-state index contributed by atoms with van der Waals surface area (Å²) in [7, 11) is 1.83. The van der Waals surface area contributed by atoms with Gasteiger partial charge < -0.3 is 4.90 Å². The number of hydrogen-bond acceptors (Lipinski definition) is 1. The van der Waals surface area contributed by atoms with E-state index in [-0.39, 0.29) is 5.91 Å². The van der Waals surface area contributed by atoms with Crippen molar-refractivity contribution in [2.24, 2.45) is 0 Å². The number of carbonyl (C=O) groups is 1. The van der Waals surface area contributed by atoms with Crippen molar-refractivity contribution in [1.29, 1.82) is 0 Å². The molecule has 0 unspecified atom stereocenters. The van der Waals surface area contributed by atoms with Crippen LogP contribution in [0.15, 0.2) is 36.4 Å². The normalized spacial score (nSPS) is 11.3. The van der Waals surface area contributed by atoms with E-state index in [4.69, 9.17) is 0 Å². The molecule has 0 bridgehead atoms. The topological polar surface area (TPSA) is 20.3 Å². The van der Waals surface area contributed by atoms with Gasteiger partial charge in [-0.1, -0.05) is 43.3 Å². The van der Waals surface area contributed by atoms with Crippen LogP contribution in [0.1, 0.15) is 25.8 Å². The molecule has 0 aliphatic rings. The quantitative estimate of drug-likeness (QED) is 0.759. The zero-order chi connectivity index (χ0) is 12.0. The van der Waals surface area contributed by atoms with Gasteiger partial charge in [-0.25, -0.2) is 0 Å². The molecule has 0 heterocycles. The summed E-state index contributed by atoms with van der Waals surface area (Å²) >= 11 is 0. The monoisotopic (exact) mass is 217 g/mol. The number of carbonyl (C=O) groups excluding carboxylic acids is 1. The highest BCUT2D eigenvalue weighted by Gasteiger charge is 2.03. The smallest absolute Gasteiger partial charge is 0.222 e. The Labute approximate surface area is 97.6 Å². The van der Waals surface area contributed by atoms with Gasteiger partial charge >= 0.3 is 0 Å².